The van der Waals surface area contributed by atoms with Crippen molar-refractivity contribution in [1.82, 2.24) is 5.32 Å². The quantitative estimate of drug-likeness (QED) is 0.706. The van der Waals surface area contributed by atoms with Gasteiger partial charge in [0.15, 0.2) is 0 Å². The van der Waals surface area contributed by atoms with Crippen molar-refractivity contribution in [2.75, 3.05) is 13.3 Å². The maximum absolute atomic E-state index is 11.3. The van der Waals surface area contributed by atoms with E-state index in [-0.39, 0.29) is 11.7 Å². The number of nitrogens with one attached hydrogen (secondary N) is 1. The Kier molecular flexibility index (Phi) is 3.19. The fourth-order valence-electron chi connectivity index (χ4n) is 1.04. The Morgan fingerprint density at radius 3 is 2.77 bits per heavy atom. The van der Waals surface area contributed by atoms with Gasteiger partial charge in [0.2, 0.25) is 0 Å². The van der Waals surface area contributed by atoms with Gasteiger partial charge in [-0.25, -0.2) is 0 Å². The number of aromatic hydroxyl groups is 1. The van der Waals surface area contributed by atoms with Crippen molar-refractivity contribution in [2.24, 2.45) is 0 Å². The van der Waals surface area contributed by atoms with E-state index in [2.05, 4.69) is 5.32 Å². The molecule has 3 nitrogen and oxygen atoms in total. The first-order valence-corrected chi connectivity index (χ1v) is 5.01. The van der Waals surface area contributed by atoms with Crippen LogP contribution in [0, 0.1) is 0 Å². The zero-order chi connectivity index (χ0) is 9.84. The first-order valence-electron chi connectivity index (χ1n) is 3.78. The van der Waals surface area contributed by atoms with Crippen molar-refractivity contribution in [3.05, 3.63) is 23.8 Å². The summed E-state index contributed by atoms with van der Waals surface area (Å²) in [5.41, 5.74) is 0.345. The van der Waals surface area contributed by atoms with E-state index in [4.69, 9.17) is 0 Å². The number of carbonyl (C=O) groups excluding carboxylic acids is 1. The first-order chi connectivity index (χ1) is 6.20. The molecule has 0 saturated heterocycles. The maximum Gasteiger partial charge on any atom is 0.255 e. The van der Waals surface area contributed by atoms with Gasteiger partial charge in [0.1, 0.15) is 5.75 Å². The van der Waals surface area contributed by atoms with Gasteiger partial charge in [0, 0.05) is 11.9 Å². The van der Waals surface area contributed by atoms with Crippen LogP contribution in [0.15, 0.2) is 23.1 Å². The van der Waals surface area contributed by atoms with Crippen molar-refractivity contribution in [2.45, 2.75) is 4.90 Å². The number of hydrogen-bond acceptors (Lipinski definition) is 3. The highest BCUT2D eigenvalue weighted by molar-refractivity contribution is 7.98. The molecule has 1 aromatic rings. The molecule has 1 amide bonds. The molecule has 0 aliphatic heterocycles. The van der Waals surface area contributed by atoms with E-state index in [0.29, 0.717) is 5.56 Å². The van der Waals surface area contributed by atoms with Gasteiger partial charge in [-0.3, -0.25) is 4.79 Å². The third-order valence-electron chi connectivity index (χ3n) is 1.68. The number of phenolic OH excluding ortho intramolecular Hbond substituents is 1. The number of hydrogen-bond donors (Lipinski definition) is 2. The molecule has 1 rings (SSSR count). The molecule has 70 valence electrons. The predicted molar refractivity (Wildman–Crippen MR) is 53.3 cm³/mol. The molecule has 0 fully saturated rings. The average molecular weight is 197 g/mol. The van der Waals surface area contributed by atoms with Gasteiger partial charge in [-0.15, -0.1) is 11.8 Å². The van der Waals surface area contributed by atoms with Crippen LogP contribution in [0.4, 0.5) is 0 Å². The second-order valence-electron chi connectivity index (χ2n) is 2.43. The summed E-state index contributed by atoms with van der Waals surface area (Å²) >= 11 is 1.43. The molecule has 4 heteroatoms. The Morgan fingerprint density at radius 2 is 2.23 bits per heavy atom. The Bertz CT molecular complexity index is 325. The van der Waals surface area contributed by atoms with Crippen molar-refractivity contribution >= 4 is 17.7 Å². The number of rotatable bonds is 2. The molecule has 0 aliphatic rings. The molecule has 0 radical (unpaired) electrons. The molecule has 0 atom stereocenters. The highest BCUT2D eigenvalue weighted by Crippen LogP contribution is 2.27. The second-order valence-corrected chi connectivity index (χ2v) is 3.28. The lowest BCUT2D eigenvalue weighted by molar-refractivity contribution is 0.0957. The molecule has 0 spiro atoms. The van der Waals surface area contributed by atoms with Crippen LogP contribution < -0.4 is 5.32 Å². The van der Waals surface area contributed by atoms with Crippen LogP contribution in [-0.2, 0) is 0 Å². The number of thioether (sulfide) groups is 1. The molecule has 0 aliphatic carbocycles. The predicted octanol–water partition coefficient (Wildman–Crippen LogP) is 1.47. The van der Waals surface area contributed by atoms with Gasteiger partial charge in [-0.05, 0) is 18.4 Å². The van der Waals surface area contributed by atoms with Crippen LogP contribution in [-0.4, -0.2) is 24.3 Å². The van der Waals surface area contributed by atoms with Crippen LogP contribution in [0.3, 0.4) is 0 Å². The fraction of sp³-hybridized carbons (Fsp3) is 0.222. The van der Waals surface area contributed by atoms with Crippen LogP contribution in [0.2, 0.25) is 0 Å². The zero-order valence-corrected chi connectivity index (χ0v) is 8.31. The monoisotopic (exact) mass is 197 g/mol. The second kappa shape index (κ2) is 4.18. The van der Waals surface area contributed by atoms with E-state index in [9.17, 15) is 9.90 Å². The lowest BCUT2D eigenvalue weighted by Crippen LogP contribution is -2.18. The number of benzene rings is 1. The van der Waals surface area contributed by atoms with Crippen molar-refractivity contribution in [3.8, 4) is 5.75 Å². The average Bonchev–Trinajstić information content (AvgIpc) is 2.16. The lowest BCUT2D eigenvalue weighted by atomic mass is 10.2. The summed E-state index contributed by atoms with van der Waals surface area (Å²) in [7, 11) is 1.54. The van der Waals surface area contributed by atoms with E-state index in [1.165, 1.54) is 17.8 Å². The summed E-state index contributed by atoms with van der Waals surface area (Å²) in [6, 6.07) is 5.02. The summed E-state index contributed by atoms with van der Waals surface area (Å²) in [5.74, 6) is -0.242. The van der Waals surface area contributed by atoms with Crippen LogP contribution in [0.1, 0.15) is 10.4 Å². The summed E-state index contributed by atoms with van der Waals surface area (Å²) in [4.78, 5) is 12.1. The minimum absolute atomic E-state index is 0.0196. The standard InChI is InChI=1S/C9H11NO2S/c1-10-9(12)8-6(11)4-3-5-7(8)13-2/h3-5,11H,1-2H3,(H,10,12). The zero-order valence-electron chi connectivity index (χ0n) is 7.50. The molecule has 2 N–H and O–H groups in total. The molecule has 0 heterocycles. The van der Waals surface area contributed by atoms with Gasteiger partial charge in [-0.1, -0.05) is 6.07 Å². The Hall–Kier alpha value is -1.16. The Morgan fingerprint density at radius 1 is 1.54 bits per heavy atom. The van der Waals surface area contributed by atoms with Crippen LogP contribution >= 0.6 is 11.8 Å². The first kappa shape index (κ1) is 9.92. The largest absolute Gasteiger partial charge is 0.507 e. The number of phenols is 1. The van der Waals surface area contributed by atoms with Gasteiger partial charge >= 0.3 is 0 Å². The molecular weight excluding hydrogens is 186 g/mol. The van der Waals surface area contributed by atoms with E-state index < -0.39 is 0 Å². The molecule has 0 bridgehead atoms. The SMILES string of the molecule is CNC(=O)c1c(O)cccc1SC. The van der Waals surface area contributed by atoms with Crippen molar-refractivity contribution in [1.29, 1.82) is 0 Å². The third-order valence-corrected chi connectivity index (χ3v) is 2.46. The van der Waals surface area contributed by atoms with Crippen molar-refractivity contribution < 1.29 is 9.90 Å². The molecule has 0 aromatic heterocycles. The van der Waals surface area contributed by atoms with Gasteiger partial charge in [-0.2, -0.15) is 0 Å². The van der Waals surface area contributed by atoms with E-state index in [1.807, 2.05) is 6.26 Å². The fourth-order valence-corrected chi connectivity index (χ4v) is 1.66. The molecule has 0 saturated carbocycles. The topological polar surface area (TPSA) is 49.3 Å². The highest BCUT2D eigenvalue weighted by Gasteiger charge is 2.13. The Labute approximate surface area is 81.2 Å². The number of carbonyl (C=O) groups is 1. The van der Waals surface area contributed by atoms with E-state index in [1.54, 1.807) is 19.2 Å². The van der Waals surface area contributed by atoms with Crippen molar-refractivity contribution in [3.63, 3.8) is 0 Å². The molecule has 1 aromatic carbocycles. The van der Waals surface area contributed by atoms with Crippen LogP contribution in [0.25, 0.3) is 0 Å². The molecule has 0 unspecified atom stereocenters. The van der Waals surface area contributed by atoms with E-state index >= 15 is 0 Å². The summed E-state index contributed by atoms with van der Waals surface area (Å²) in [6.45, 7) is 0. The molecule has 13 heavy (non-hydrogen) atoms. The maximum atomic E-state index is 11.3. The minimum atomic E-state index is -0.262. The summed E-state index contributed by atoms with van der Waals surface area (Å²) in [5, 5.41) is 11.9. The van der Waals surface area contributed by atoms with Crippen LogP contribution in [0.5, 0.6) is 5.75 Å². The smallest absolute Gasteiger partial charge is 0.255 e. The Balaban J connectivity index is 3.22. The van der Waals surface area contributed by atoms with Gasteiger partial charge in [0.25, 0.3) is 5.91 Å². The summed E-state index contributed by atoms with van der Waals surface area (Å²) < 4.78 is 0. The van der Waals surface area contributed by atoms with Gasteiger partial charge in [0.05, 0.1) is 5.56 Å². The number of amides is 1. The van der Waals surface area contributed by atoms with Gasteiger partial charge < -0.3 is 10.4 Å². The van der Waals surface area contributed by atoms with E-state index in [0.717, 1.165) is 4.90 Å². The normalized spacial score (nSPS) is 9.69. The third kappa shape index (κ3) is 1.95. The minimum Gasteiger partial charge on any atom is -0.507 e. The molecular formula is C9H11NO2S. The lowest BCUT2D eigenvalue weighted by Gasteiger charge is -2.07. The highest BCUT2D eigenvalue weighted by atomic mass is 32.2. The summed E-state index contributed by atoms with van der Waals surface area (Å²) in [6.07, 6.45) is 1.86.